The number of hydrogen-bond donors (Lipinski definition) is 1. The Labute approximate surface area is 175 Å². The maximum atomic E-state index is 12.6. The Hall–Kier alpha value is -2.18. The Morgan fingerprint density at radius 2 is 1.97 bits per heavy atom. The molecule has 0 spiro atoms. The standard InChI is InChI=1S/C23H29NO4S/c1-18-6-2-3-9-22(18)28-13-5-10-23(25)24-20-8-4-7-19(16-20)17-29(26)21-11-14-27-15-12-21/h2-4,6-9,16,21H,5,10-15,17H2,1H3,(H,24,25). The molecule has 29 heavy (non-hydrogen) atoms. The van der Waals surface area contributed by atoms with Crippen molar-refractivity contribution in [1.82, 2.24) is 0 Å². The van der Waals surface area contributed by atoms with Crippen LogP contribution in [0.2, 0.25) is 0 Å². The van der Waals surface area contributed by atoms with Gasteiger partial charge in [0, 0.05) is 47.1 Å². The zero-order valence-electron chi connectivity index (χ0n) is 16.9. The predicted octanol–water partition coefficient (Wildman–Crippen LogP) is 4.22. The van der Waals surface area contributed by atoms with Gasteiger partial charge in [0.1, 0.15) is 5.75 Å². The number of aryl methyl sites for hydroxylation is 1. The number of benzene rings is 2. The van der Waals surface area contributed by atoms with E-state index in [9.17, 15) is 9.00 Å². The summed E-state index contributed by atoms with van der Waals surface area (Å²) in [5.41, 5.74) is 2.82. The van der Waals surface area contributed by atoms with E-state index in [1.54, 1.807) is 0 Å². The van der Waals surface area contributed by atoms with Crippen molar-refractivity contribution in [3.8, 4) is 5.75 Å². The minimum atomic E-state index is -0.914. The Kier molecular flexibility index (Phi) is 8.25. The Bertz CT molecular complexity index is 833. The van der Waals surface area contributed by atoms with Gasteiger partial charge in [-0.15, -0.1) is 0 Å². The van der Waals surface area contributed by atoms with Crippen LogP contribution in [0.1, 0.15) is 36.8 Å². The SMILES string of the molecule is Cc1ccccc1OCCCC(=O)Nc1cccc(CS(=O)C2CCOCC2)c1. The average molecular weight is 416 g/mol. The van der Waals surface area contributed by atoms with Gasteiger partial charge in [0.15, 0.2) is 0 Å². The summed E-state index contributed by atoms with van der Waals surface area (Å²) in [6.45, 7) is 3.90. The lowest BCUT2D eigenvalue weighted by molar-refractivity contribution is -0.116. The van der Waals surface area contributed by atoms with E-state index >= 15 is 0 Å². The van der Waals surface area contributed by atoms with Crippen molar-refractivity contribution in [1.29, 1.82) is 0 Å². The molecule has 1 amide bonds. The second-order valence-corrected chi connectivity index (χ2v) is 9.02. The van der Waals surface area contributed by atoms with E-state index in [1.807, 2.05) is 55.5 Å². The fourth-order valence-electron chi connectivity index (χ4n) is 3.32. The van der Waals surface area contributed by atoms with Crippen LogP contribution in [0.3, 0.4) is 0 Å². The smallest absolute Gasteiger partial charge is 0.224 e. The summed E-state index contributed by atoms with van der Waals surface area (Å²) in [6, 6.07) is 15.5. The molecule has 1 atom stereocenters. The van der Waals surface area contributed by atoms with Crippen LogP contribution < -0.4 is 10.1 Å². The third-order valence-corrected chi connectivity index (χ3v) is 6.79. The van der Waals surface area contributed by atoms with Crippen molar-refractivity contribution >= 4 is 22.4 Å². The van der Waals surface area contributed by atoms with Gasteiger partial charge in [0.2, 0.25) is 5.91 Å². The molecule has 2 aromatic rings. The minimum Gasteiger partial charge on any atom is -0.493 e. The Morgan fingerprint density at radius 1 is 1.17 bits per heavy atom. The number of anilines is 1. The number of hydrogen-bond acceptors (Lipinski definition) is 4. The van der Waals surface area contributed by atoms with Gasteiger partial charge < -0.3 is 14.8 Å². The topological polar surface area (TPSA) is 64.6 Å². The quantitative estimate of drug-likeness (QED) is 0.623. The maximum Gasteiger partial charge on any atom is 0.224 e. The van der Waals surface area contributed by atoms with Crippen LogP contribution in [0.5, 0.6) is 5.75 Å². The molecule has 1 unspecified atom stereocenters. The molecule has 0 radical (unpaired) electrons. The Morgan fingerprint density at radius 3 is 2.76 bits per heavy atom. The second-order valence-electron chi connectivity index (χ2n) is 7.30. The molecule has 0 aliphatic carbocycles. The molecule has 1 saturated heterocycles. The molecule has 0 bridgehead atoms. The monoisotopic (exact) mass is 415 g/mol. The fourth-order valence-corrected chi connectivity index (χ4v) is 4.78. The zero-order chi connectivity index (χ0) is 20.5. The summed E-state index contributed by atoms with van der Waals surface area (Å²) in [7, 11) is -0.914. The third kappa shape index (κ3) is 6.98. The summed E-state index contributed by atoms with van der Waals surface area (Å²) in [5.74, 6) is 1.33. The lowest BCUT2D eigenvalue weighted by Crippen LogP contribution is -2.25. The lowest BCUT2D eigenvalue weighted by atomic mass is 10.2. The van der Waals surface area contributed by atoms with Gasteiger partial charge in [-0.05, 0) is 55.5 Å². The van der Waals surface area contributed by atoms with Crippen LogP contribution in [0.15, 0.2) is 48.5 Å². The first-order valence-corrected chi connectivity index (χ1v) is 11.5. The van der Waals surface area contributed by atoms with Crippen LogP contribution in [0.4, 0.5) is 5.69 Å². The van der Waals surface area contributed by atoms with Crippen LogP contribution in [-0.4, -0.2) is 35.2 Å². The van der Waals surface area contributed by atoms with E-state index in [0.29, 0.717) is 38.4 Å². The summed E-state index contributed by atoms with van der Waals surface area (Å²) in [6.07, 6.45) is 2.75. The van der Waals surface area contributed by atoms with E-state index in [4.69, 9.17) is 9.47 Å². The highest BCUT2D eigenvalue weighted by Gasteiger charge is 2.20. The van der Waals surface area contributed by atoms with Crippen molar-refractivity contribution in [2.45, 2.75) is 43.6 Å². The van der Waals surface area contributed by atoms with Gasteiger partial charge in [-0.3, -0.25) is 9.00 Å². The highest BCUT2D eigenvalue weighted by molar-refractivity contribution is 7.84. The molecule has 1 aliphatic heterocycles. The molecule has 0 aromatic heterocycles. The van der Waals surface area contributed by atoms with Crippen LogP contribution >= 0.6 is 0 Å². The summed E-state index contributed by atoms with van der Waals surface area (Å²) in [4.78, 5) is 12.2. The van der Waals surface area contributed by atoms with Crippen LogP contribution in [-0.2, 0) is 26.1 Å². The number of nitrogens with one attached hydrogen (secondary N) is 1. The number of amides is 1. The van der Waals surface area contributed by atoms with E-state index in [1.165, 1.54) is 0 Å². The van der Waals surface area contributed by atoms with E-state index in [0.717, 1.165) is 35.4 Å². The van der Waals surface area contributed by atoms with Gasteiger partial charge in [0.05, 0.1) is 6.61 Å². The Balaban J connectivity index is 1.42. The third-order valence-electron chi connectivity index (χ3n) is 4.96. The molecule has 1 heterocycles. The second kappa shape index (κ2) is 11.1. The number of carbonyl (C=O) groups is 1. The highest BCUT2D eigenvalue weighted by atomic mass is 32.2. The summed E-state index contributed by atoms with van der Waals surface area (Å²) in [5, 5.41) is 3.14. The van der Waals surface area contributed by atoms with Gasteiger partial charge in [-0.1, -0.05) is 30.3 Å². The molecule has 2 aromatic carbocycles. The normalized spacial score (nSPS) is 15.6. The molecule has 1 fully saturated rings. The first-order valence-electron chi connectivity index (χ1n) is 10.1. The first kappa shape index (κ1) is 21.5. The van der Waals surface area contributed by atoms with Crippen molar-refractivity contribution < 1.29 is 18.5 Å². The maximum absolute atomic E-state index is 12.6. The number of carbonyl (C=O) groups excluding carboxylic acids is 1. The molecule has 3 rings (SSSR count). The van der Waals surface area contributed by atoms with Crippen molar-refractivity contribution in [3.63, 3.8) is 0 Å². The molecule has 1 aliphatic rings. The molecular weight excluding hydrogens is 386 g/mol. The molecule has 6 heteroatoms. The minimum absolute atomic E-state index is 0.0407. The van der Waals surface area contributed by atoms with E-state index in [-0.39, 0.29) is 11.2 Å². The van der Waals surface area contributed by atoms with Gasteiger partial charge >= 0.3 is 0 Å². The molecule has 0 saturated carbocycles. The predicted molar refractivity (Wildman–Crippen MR) is 117 cm³/mol. The van der Waals surface area contributed by atoms with Crippen molar-refractivity contribution in [2.24, 2.45) is 0 Å². The number of para-hydroxylation sites is 1. The molecule has 1 N–H and O–H groups in total. The average Bonchev–Trinajstić information content (AvgIpc) is 2.73. The van der Waals surface area contributed by atoms with E-state index in [2.05, 4.69) is 5.32 Å². The summed E-state index contributed by atoms with van der Waals surface area (Å²) < 4.78 is 23.6. The highest BCUT2D eigenvalue weighted by Crippen LogP contribution is 2.19. The van der Waals surface area contributed by atoms with Crippen molar-refractivity contribution in [2.75, 3.05) is 25.1 Å². The van der Waals surface area contributed by atoms with E-state index < -0.39 is 10.8 Å². The summed E-state index contributed by atoms with van der Waals surface area (Å²) >= 11 is 0. The van der Waals surface area contributed by atoms with Crippen molar-refractivity contribution in [3.05, 3.63) is 59.7 Å². The molecular formula is C23H29NO4S. The fraction of sp³-hybridized carbons (Fsp3) is 0.435. The van der Waals surface area contributed by atoms with Gasteiger partial charge in [-0.2, -0.15) is 0 Å². The first-order chi connectivity index (χ1) is 14.1. The molecule has 5 nitrogen and oxygen atoms in total. The number of rotatable bonds is 9. The zero-order valence-corrected chi connectivity index (χ0v) is 17.7. The van der Waals surface area contributed by atoms with Crippen LogP contribution in [0.25, 0.3) is 0 Å². The van der Waals surface area contributed by atoms with Gasteiger partial charge in [-0.25, -0.2) is 0 Å². The van der Waals surface area contributed by atoms with Gasteiger partial charge in [0.25, 0.3) is 0 Å². The lowest BCUT2D eigenvalue weighted by Gasteiger charge is -2.21. The largest absolute Gasteiger partial charge is 0.493 e. The van der Waals surface area contributed by atoms with Crippen LogP contribution in [0, 0.1) is 6.92 Å². The number of ether oxygens (including phenoxy) is 2. The molecule has 156 valence electrons.